The Morgan fingerprint density at radius 1 is 1.27 bits per heavy atom. The Labute approximate surface area is 102 Å². The maximum absolute atomic E-state index is 13.5. The van der Waals surface area contributed by atoms with Crippen molar-refractivity contribution in [2.75, 3.05) is 6.54 Å². The lowest BCUT2D eigenvalue weighted by molar-refractivity contribution is 0.506. The van der Waals surface area contributed by atoms with Crippen LogP contribution in [0.2, 0.25) is 0 Å². The summed E-state index contributed by atoms with van der Waals surface area (Å²) in [5.41, 5.74) is 0.172. The van der Waals surface area contributed by atoms with Crippen LogP contribution in [0.5, 0.6) is 0 Å². The normalized spacial score (nSPS) is 20.1. The van der Waals surface area contributed by atoms with E-state index in [1.165, 1.54) is 12.1 Å². The molecule has 1 atom stereocenters. The summed E-state index contributed by atoms with van der Waals surface area (Å²) in [6.07, 6.45) is 1.77. The van der Waals surface area contributed by atoms with Crippen LogP contribution in [0.3, 0.4) is 0 Å². The van der Waals surface area contributed by atoms with Crippen LogP contribution in [0.4, 0.5) is 8.78 Å². The van der Waals surface area contributed by atoms with Gasteiger partial charge in [-0.05, 0) is 31.5 Å². The first-order valence-electron chi connectivity index (χ1n) is 4.56. The fourth-order valence-electron chi connectivity index (χ4n) is 1.82. The third kappa shape index (κ3) is 2.68. The first-order valence-corrected chi connectivity index (χ1v) is 5.35. The minimum absolute atomic E-state index is 0. The van der Waals surface area contributed by atoms with E-state index in [4.69, 9.17) is 0 Å². The third-order valence-corrected chi connectivity index (χ3v) is 2.91. The fraction of sp³-hybridized carbons (Fsp3) is 0.400. The van der Waals surface area contributed by atoms with E-state index in [1.54, 1.807) is 0 Å². The van der Waals surface area contributed by atoms with E-state index in [9.17, 15) is 8.78 Å². The lowest BCUT2D eigenvalue weighted by Gasteiger charge is -2.12. The summed E-state index contributed by atoms with van der Waals surface area (Å²) in [5.74, 6) is -0.951. The molecule has 0 radical (unpaired) electrons. The first-order chi connectivity index (χ1) is 6.68. The van der Waals surface area contributed by atoms with Gasteiger partial charge in [0.15, 0.2) is 0 Å². The second-order valence-corrected chi connectivity index (χ2v) is 4.35. The van der Waals surface area contributed by atoms with Gasteiger partial charge < -0.3 is 5.32 Å². The van der Waals surface area contributed by atoms with Crippen molar-refractivity contribution in [2.45, 2.75) is 18.9 Å². The molecule has 0 bridgehead atoms. The van der Waals surface area contributed by atoms with Gasteiger partial charge in [-0.25, -0.2) is 8.78 Å². The molecule has 1 N–H and O–H groups in total. The van der Waals surface area contributed by atoms with Crippen molar-refractivity contribution in [3.8, 4) is 0 Å². The summed E-state index contributed by atoms with van der Waals surface area (Å²) in [4.78, 5) is 0. The largest absolute Gasteiger partial charge is 0.310 e. The second kappa shape index (κ2) is 5.23. The van der Waals surface area contributed by atoms with E-state index in [2.05, 4.69) is 21.2 Å². The highest BCUT2D eigenvalue weighted by Gasteiger charge is 2.23. The van der Waals surface area contributed by atoms with E-state index in [0.717, 1.165) is 19.4 Å². The molecule has 1 fully saturated rings. The number of halogens is 4. The maximum Gasteiger partial charge on any atom is 0.132 e. The minimum atomic E-state index is -0.476. The van der Waals surface area contributed by atoms with Gasteiger partial charge in [0.25, 0.3) is 0 Å². The Morgan fingerprint density at radius 3 is 2.33 bits per heavy atom. The Kier molecular flexibility index (Phi) is 4.49. The Balaban J connectivity index is 0.00000112. The predicted octanol–water partition coefficient (Wildman–Crippen LogP) is 3.57. The predicted molar refractivity (Wildman–Crippen MR) is 61.3 cm³/mol. The van der Waals surface area contributed by atoms with Gasteiger partial charge in [-0.1, -0.05) is 15.9 Å². The Bertz CT molecular complexity index is 330. The zero-order chi connectivity index (χ0) is 10.1. The molecule has 0 spiro atoms. The molecule has 84 valence electrons. The molecule has 5 heteroatoms. The highest BCUT2D eigenvalue weighted by molar-refractivity contribution is 9.10. The zero-order valence-corrected chi connectivity index (χ0v) is 10.3. The molecular formula is C10H11BrClF2N. The molecule has 1 aliphatic rings. The van der Waals surface area contributed by atoms with Gasteiger partial charge in [0.05, 0.1) is 0 Å². The quantitative estimate of drug-likeness (QED) is 0.836. The number of nitrogens with one attached hydrogen (secondary N) is 1. The van der Waals surface area contributed by atoms with Gasteiger partial charge in [-0.3, -0.25) is 0 Å². The molecule has 15 heavy (non-hydrogen) atoms. The van der Waals surface area contributed by atoms with E-state index in [1.807, 2.05) is 0 Å². The zero-order valence-electron chi connectivity index (χ0n) is 7.90. The first kappa shape index (κ1) is 12.9. The average Bonchev–Trinajstić information content (AvgIpc) is 2.54. The molecule has 1 aliphatic heterocycles. The summed E-state index contributed by atoms with van der Waals surface area (Å²) < 4.78 is 27.3. The van der Waals surface area contributed by atoms with E-state index in [0.29, 0.717) is 4.47 Å². The summed E-state index contributed by atoms with van der Waals surface area (Å²) >= 11 is 3.06. The molecule has 1 aromatic rings. The van der Waals surface area contributed by atoms with Gasteiger partial charge >= 0.3 is 0 Å². The number of benzene rings is 1. The van der Waals surface area contributed by atoms with Crippen LogP contribution in [-0.2, 0) is 0 Å². The Morgan fingerprint density at radius 2 is 1.87 bits per heavy atom. The third-order valence-electron chi connectivity index (χ3n) is 2.45. The monoisotopic (exact) mass is 297 g/mol. The molecule has 0 unspecified atom stereocenters. The standard InChI is InChI=1S/C10H10BrF2N.ClH/c11-6-4-7(12)10(8(13)5-6)9-2-1-3-14-9;/h4-5,9,14H,1-3H2;1H/t9-;/m0./s1. The SMILES string of the molecule is Cl.Fc1cc(Br)cc(F)c1[C@@H]1CCCN1. The molecule has 1 nitrogen and oxygen atoms in total. The molecule has 0 aliphatic carbocycles. The average molecular weight is 299 g/mol. The minimum Gasteiger partial charge on any atom is -0.310 e. The van der Waals surface area contributed by atoms with Crippen molar-refractivity contribution in [1.82, 2.24) is 5.32 Å². The lowest BCUT2D eigenvalue weighted by Crippen LogP contribution is -2.16. The smallest absolute Gasteiger partial charge is 0.132 e. The van der Waals surface area contributed by atoms with Gasteiger partial charge in [-0.15, -0.1) is 12.4 Å². The molecule has 2 rings (SSSR count). The van der Waals surface area contributed by atoms with E-state index < -0.39 is 11.6 Å². The van der Waals surface area contributed by atoms with E-state index in [-0.39, 0.29) is 24.0 Å². The van der Waals surface area contributed by atoms with Crippen molar-refractivity contribution in [3.05, 3.63) is 33.8 Å². The molecule has 0 amide bonds. The van der Waals surface area contributed by atoms with Crippen molar-refractivity contribution < 1.29 is 8.78 Å². The summed E-state index contributed by atoms with van der Waals surface area (Å²) in [5, 5.41) is 3.08. The van der Waals surface area contributed by atoms with Gasteiger partial charge in [0.2, 0.25) is 0 Å². The summed E-state index contributed by atoms with van der Waals surface area (Å²) in [6.45, 7) is 0.833. The van der Waals surface area contributed by atoms with Gasteiger partial charge in [-0.2, -0.15) is 0 Å². The molecule has 1 heterocycles. The van der Waals surface area contributed by atoms with Gasteiger partial charge in [0, 0.05) is 16.1 Å². The molecule has 0 aromatic heterocycles. The lowest BCUT2D eigenvalue weighted by atomic mass is 10.0. The number of rotatable bonds is 1. The summed E-state index contributed by atoms with van der Waals surface area (Å²) in [7, 11) is 0. The van der Waals surface area contributed by atoms with Crippen LogP contribution in [0, 0.1) is 11.6 Å². The fourth-order valence-corrected chi connectivity index (χ4v) is 2.22. The topological polar surface area (TPSA) is 12.0 Å². The van der Waals surface area contributed by atoms with Crippen molar-refractivity contribution >= 4 is 28.3 Å². The van der Waals surface area contributed by atoms with Crippen LogP contribution < -0.4 is 5.32 Å². The van der Waals surface area contributed by atoms with Crippen LogP contribution >= 0.6 is 28.3 Å². The van der Waals surface area contributed by atoms with Crippen molar-refractivity contribution in [1.29, 1.82) is 0 Å². The highest BCUT2D eigenvalue weighted by atomic mass is 79.9. The van der Waals surface area contributed by atoms with Crippen molar-refractivity contribution in [2.24, 2.45) is 0 Å². The maximum atomic E-state index is 13.5. The second-order valence-electron chi connectivity index (χ2n) is 3.43. The number of hydrogen-bond acceptors (Lipinski definition) is 1. The molecule has 0 saturated carbocycles. The van der Waals surface area contributed by atoms with Crippen LogP contribution in [0.25, 0.3) is 0 Å². The molecule has 1 saturated heterocycles. The van der Waals surface area contributed by atoms with Crippen LogP contribution in [0.15, 0.2) is 16.6 Å². The van der Waals surface area contributed by atoms with E-state index >= 15 is 0 Å². The highest BCUT2D eigenvalue weighted by Crippen LogP contribution is 2.29. The molecule has 1 aromatic carbocycles. The Hall–Kier alpha value is -0.190. The summed E-state index contributed by atoms with van der Waals surface area (Å²) in [6, 6.07) is 2.44. The van der Waals surface area contributed by atoms with Crippen molar-refractivity contribution in [3.63, 3.8) is 0 Å². The number of hydrogen-bond donors (Lipinski definition) is 1. The van der Waals surface area contributed by atoms with Crippen LogP contribution in [-0.4, -0.2) is 6.54 Å². The van der Waals surface area contributed by atoms with Gasteiger partial charge in [0.1, 0.15) is 11.6 Å². The molecular weight excluding hydrogens is 287 g/mol. The van der Waals surface area contributed by atoms with Crippen LogP contribution in [0.1, 0.15) is 24.4 Å².